The molecule has 3 aromatic rings. The predicted octanol–water partition coefficient (Wildman–Crippen LogP) is 6.22. The molecule has 6 nitrogen and oxygen atoms in total. The standard InChI is InChI=1S/C26H19ClINO5/c1-3-32-22-14-16(12-20(28)23(22)33-25(30)17-9-5-4-8-15(17)2)13-21-26(31)34-24(29-21)18-10-6-7-11-19(18)27/h4-14H,3H2,1-2H3/b21-13-. The Balaban J connectivity index is 1.67. The second kappa shape index (κ2) is 10.4. The van der Waals surface area contributed by atoms with Gasteiger partial charge in [-0.3, -0.25) is 0 Å². The number of aliphatic imine (C=N–C) groups is 1. The average molecular weight is 588 g/mol. The molecule has 0 saturated carbocycles. The topological polar surface area (TPSA) is 74.2 Å². The van der Waals surface area contributed by atoms with E-state index < -0.39 is 11.9 Å². The zero-order valence-electron chi connectivity index (χ0n) is 18.3. The lowest BCUT2D eigenvalue weighted by Crippen LogP contribution is -2.12. The van der Waals surface area contributed by atoms with Crippen molar-refractivity contribution in [1.82, 2.24) is 0 Å². The molecule has 0 fully saturated rings. The van der Waals surface area contributed by atoms with E-state index in [2.05, 4.69) is 27.6 Å². The monoisotopic (exact) mass is 587 g/mol. The number of carbonyl (C=O) groups excluding carboxylic acids is 2. The van der Waals surface area contributed by atoms with Gasteiger partial charge in [0.15, 0.2) is 17.2 Å². The second-order valence-electron chi connectivity index (χ2n) is 7.28. The summed E-state index contributed by atoms with van der Waals surface area (Å²) >= 11 is 8.26. The number of cyclic esters (lactones) is 1. The van der Waals surface area contributed by atoms with E-state index in [1.807, 2.05) is 26.0 Å². The van der Waals surface area contributed by atoms with Crippen molar-refractivity contribution in [2.45, 2.75) is 13.8 Å². The largest absolute Gasteiger partial charge is 0.490 e. The van der Waals surface area contributed by atoms with Crippen molar-refractivity contribution in [3.05, 3.63) is 97.2 Å². The summed E-state index contributed by atoms with van der Waals surface area (Å²) in [6.07, 6.45) is 1.59. The van der Waals surface area contributed by atoms with Gasteiger partial charge in [0.2, 0.25) is 5.90 Å². The Bertz CT molecular complexity index is 1350. The van der Waals surface area contributed by atoms with Gasteiger partial charge in [-0.15, -0.1) is 0 Å². The van der Waals surface area contributed by atoms with Crippen LogP contribution in [0.1, 0.15) is 34.0 Å². The van der Waals surface area contributed by atoms with Crippen molar-refractivity contribution < 1.29 is 23.8 Å². The Morgan fingerprint density at radius 2 is 1.88 bits per heavy atom. The second-order valence-corrected chi connectivity index (χ2v) is 8.85. The third-order valence-electron chi connectivity index (χ3n) is 4.92. The van der Waals surface area contributed by atoms with E-state index in [1.54, 1.807) is 54.6 Å². The fourth-order valence-electron chi connectivity index (χ4n) is 3.30. The minimum absolute atomic E-state index is 0.123. The highest BCUT2D eigenvalue weighted by Gasteiger charge is 2.26. The molecule has 0 radical (unpaired) electrons. The van der Waals surface area contributed by atoms with Gasteiger partial charge in [0.05, 0.1) is 26.3 Å². The van der Waals surface area contributed by atoms with Gasteiger partial charge in [0, 0.05) is 0 Å². The van der Waals surface area contributed by atoms with Crippen molar-refractivity contribution in [3.63, 3.8) is 0 Å². The van der Waals surface area contributed by atoms with Crippen LogP contribution in [0.3, 0.4) is 0 Å². The highest BCUT2D eigenvalue weighted by atomic mass is 127. The fraction of sp³-hybridized carbons (Fsp3) is 0.115. The van der Waals surface area contributed by atoms with E-state index in [-0.39, 0.29) is 11.6 Å². The summed E-state index contributed by atoms with van der Waals surface area (Å²) in [5.74, 6) is -0.225. The molecule has 0 amide bonds. The van der Waals surface area contributed by atoms with Gasteiger partial charge in [-0.25, -0.2) is 14.6 Å². The van der Waals surface area contributed by atoms with Crippen molar-refractivity contribution in [3.8, 4) is 11.5 Å². The molecule has 0 N–H and O–H groups in total. The Hall–Kier alpha value is -3.17. The molecule has 1 aliphatic heterocycles. The molecule has 3 aromatic carbocycles. The molecule has 0 aliphatic carbocycles. The van der Waals surface area contributed by atoms with Gasteiger partial charge in [0.1, 0.15) is 0 Å². The number of rotatable bonds is 6. The number of carbonyl (C=O) groups is 2. The van der Waals surface area contributed by atoms with E-state index in [1.165, 1.54) is 0 Å². The quantitative estimate of drug-likeness (QED) is 0.148. The Morgan fingerprint density at radius 1 is 1.15 bits per heavy atom. The number of halogens is 2. The van der Waals surface area contributed by atoms with Gasteiger partial charge >= 0.3 is 11.9 Å². The summed E-state index contributed by atoms with van der Waals surface area (Å²) in [4.78, 5) is 29.5. The molecule has 0 unspecified atom stereocenters. The van der Waals surface area contributed by atoms with Gasteiger partial charge < -0.3 is 14.2 Å². The van der Waals surface area contributed by atoms with Crippen molar-refractivity contribution in [1.29, 1.82) is 0 Å². The molecule has 0 aromatic heterocycles. The molecular formula is C26H19ClINO5. The third kappa shape index (κ3) is 5.15. The first-order valence-electron chi connectivity index (χ1n) is 10.4. The minimum Gasteiger partial charge on any atom is -0.490 e. The predicted molar refractivity (Wildman–Crippen MR) is 139 cm³/mol. The van der Waals surface area contributed by atoms with Gasteiger partial charge in [-0.2, -0.15) is 0 Å². The number of benzene rings is 3. The molecule has 1 heterocycles. The number of nitrogens with zero attached hydrogens (tertiary/aromatic N) is 1. The van der Waals surface area contributed by atoms with Crippen LogP contribution in [0.4, 0.5) is 0 Å². The Morgan fingerprint density at radius 3 is 2.62 bits per heavy atom. The first kappa shape index (κ1) is 24.0. The fourth-order valence-corrected chi connectivity index (χ4v) is 4.25. The van der Waals surface area contributed by atoms with Crippen molar-refractivity contribution >= 4 is 58.1 Å². The zero-order valence-corrected chi connectivity index (χ0v) is 21.2. The number of aryl methyl sites for hydroxylation is 1. The van der Waals surface area contributed by atoms with Gasteiger partial charge in [0.25, 0.3) is 0 Å². The van der Waals surface area contributed by atoms with E-state index in [0.717, 1.165) is 5.56 Å². The lowest BCUT2D eigenvalue weighted by atomic mass is 10.1. The first-order chi connectivity index (χ1) is 16.4. The summed E-state index contributed by atoms with van der Waals surface area (Å²) in [5.41, 5.74) is 2.58. The Labute approximate surface area is 215 Å². The maximum absolute atomic E-state index is 12.8. The molecule has 0 spiro atoms. The van der Waals surface area contributed by atoms with Crippen molar-refractivity contribution in [2.24, 2.45) is 4.99 Å². The zero-order chi connectivity index (χ0) is 24.2. The first-order valence-corrected chi connectivity index (χ1v) is 11.8. The molecule has 0 saturated heterocycles. The molecule has 4 rings (SSSR count). The van der Waals surface area contributed by atoms with Crippen LogP contribution in [0.5, 0.6) is 11.5 Å². The summed E-state index contributed by atoms with van der Waals surface area (Å²) in [7, 11) is 0. The molecule has 172 valence electrons. The van der Waals surface area contributed by atoms with E-state index in [9.17, 15) is 9.59 Å². The number of hydrogen-bond donors (Lipinski definition) is 0. The van der Waals surface area contributed by atoms with Crippen LogP contribution in [-0.2, 0) is 9.53 Å². The molecule has 8 heteroatoms. The van der Waals surface area contributed by atoms with Crippen molar-refractivity contribution in [2.75, 3.05) is 6.61 Å². The lowest BCUT2D eigenvalue weighted by Gasteiger charge is -2.14. The van der Waals surface area contributed by atoms with Crippen LogP contribution in [0, 0.1) is 10.5 Å². The van der Waals surface area contributed by atoms with E-state index >= 15 is 0 Å². The Kier molecular flexibility index (Phi) is 7.33. The maximum Gasteiger partial charge on any atom is 0.363 e. The van der Waals surface area contributed by atoms with Crippen LogP contribution in [0.25, 0.3) is 6.08 Å². The molecule has 0 bridgehead atoms. The third-order valence-corrected chi connectivity index (χ3v) is 6.05. The summed E-state index contributed by atoms with van der Waals surface area (Å²) in [6, 6.07) is 17.7. The van der Waals surface area contributed by atoms with Crippen LogP contribution in [0.15, 0.2) is 71.4 Å². The van der Waals surface area contributed by atoms with Crippen LogP contribution in [0.2, 0.25) is 5.02 Å². The highest BCUT2D eigenvalue weighted by Crippen LogP contribution is 2.36. The summed E-state index contributed by atoms with van der Waals surface area (Å²) in [5, 5.41) is 0.434. The maximum atomic E-state index is 12.8. The molecule has 0 atom stereocenters. The number of hydrogen-bond acceptors (Lipinski definition) is 6. The van der Waals surface area contributed by atoms with Gasteiger partial charge in [-0.1, -0.05) is 41.9 Å². The molecule has 34 heavy (non-hydrogen) atoms. The van der Waals surface area contributed by atoms with E-state index in [4.69, 9.17) is 25.8 Å². The van der Waals surface area contributed by atoms with Crippen LogP contribution < -0.4 is 9.47 Å². The number of esters is 2. The van der Waals surface area contributed by atoms with Crippen LogP contribution in [-0.4, -0.2) is 24.4 Å². The van der Waals surface area contributed by atoms with Crippen LogP contribution >= 0.6 is 34.2 Å². The number of ether oxygens (including phenoxy) is 3. The minimum atomic E-state index is -0.585. The molecular weight excluding hydrogens is 569 g/mol. The molecule has 1 aliphatic rings. The highest BCUT2D eigenvalue weighted by molar-refractivity contribution is 14.1. The van der Waals surface area contributed by atoms with Gasteiger partial charge in [-0.05, 0) is 84.0 Å². The van der Waals surface area contributed by atoms with E-state index in [0.29, 0.717) is 43.4 Å². The average Bonchev–Trinajstić information content (AvgIpc) is 3.16. The lowest BCUT2D eigenvalue weighted by molar-refractivity contribution is -0.129. The SMILES string of the molecule is CCOc1cc(/C=C2\N=C(c3ccccc3Cl)OC2=O)cc(I)c1OC(=O)c1ccccc1C. The summed E-state index contributed by atoms with van der Waals surface area (Å²) < 4.78 is 17.4. The normalized spacial score (nSPS) is 14.1. The summed E-state index contributed by atoms with van der Waals surface area (Å²) in [6.45, 7) is 4.04. The smallest absolute Gasteiger partial charge is 0.363 e.